The van der Waals surface area contributed by atoms with Gasteiger partial charge in [-0.1, -0.05) is 0 Å². The number of hydrogen-bond donors (Lipinski definition) is 1. The van der Waals surface area contributed by atoms with Gasteiger partial charge in [-0.25, -0.2) is 18.2 Å². The van der Waals surface area contributed by atoms with E-state index in [0.29, 0.717) is 11.3 Å². The number of carbonyl (C=O) groups is 1. The van der Waals surface area contributed by atoms with Gasteiger partial charge in [0.2, 0.25) is 11.7 Å². The Kier molecular flexibility index (Phi) is 3.09. The minimum Gasteiger partial charge on any atom is -0.475 e. The van der Waals surface area contributed by atoms with Crippen LogP contribution in [-0.2, 0) is 9.84 Å². The summed E-state index contributed by atoms with van der Waals surface area (Å²) in [4.78, 5) is 15.6. The highest BCUT2D eigenvalue weighted by Crippen LogP contribution is 2.42. The van der Waals surface area contributed by atoms with E-state index in [1.807, 2.05) is 0 Å². The zero-order valence-electron chi connectivity index (χ0n) is 11.2. The molecule has 0 spiro atoms. The number of benzene rings is 1. The molecule has 1 saturated carbocycles. The molecule has 1 aromatic heterocycles. The third kappa shape index (κ3) is 2.69. The lowest BCUT2D eigenvalue weighted by Gasteiger charge is -1.99. The second-order valence-corrected chi connectivity index (χ2v) is 7.13. The van der Waals surface area contributed by atoms with Gasteiger partial charge >= 0.3 is 5.97 Å². The zero-order chi connectivity index (χ0) is 15.2. The lowest BCUT2D eigenvalue weighted by Crippen LogP contribution is -1.98. The molecule has 0 atom stereocenters. The summed E-state index contributed by atoms with van der Waals surface area (Å²) >= 11 is 0. The first kappa shape index (κ1) is 13.8. The van der Waals surface area contributed by atoms with Crippen LogP contribution in [0.15, 0.2) is 33.6 Å². The molecule has 1 heterocycles. The van der Waals surface area contributed by atoms with Crippen LogP contribution in [0.4, 0.5) is 0 Å². The van der Waals surface area contributed by atoms with E-state index in [1.165, 1.54) is 12.1 Å². The Morgan fingerprint density at radius 2 is 1.90 bits per heavy atom. The van der Waals surface area contributed by atoms with E-state index >= 15 is 0 Å². The third-order valence-corrected chi connectivity index (χ3v) is 4.47. The first-order valence-electron chi connectivity index (χ1n) is 6.41. The monoisotopic (exact) mass is 307 g/mol. The number of aromatic carboxylic acids is 1. The molecular formula is C14H13NO5S. The van der Waals surface area contributed by atoms with E-state index in [4.69, 9.17) is 9.52 Å². The van der Waals surface area contributed by atoms with Crippen molar-refractivity contribution >= 4 is 15.8 Å². The molecule has 0 saturated heterocycles. The molecule has 0 aliphatic heterocycles. The number of aromatic nitrogens is 1. The van der Waals surface area contributed by atoms with Crippen molar-refractivity contribution in [1.29, 1.82) is 0 Å². The highest BCUT2D eigenvalue weighted by molar-refractivity contribution is 7.90. The maximum absolute atomic E-state index is 11.4. The van der Waals surface area contributed by atoms with E-state index in [0.717, 1.165) is 19.1 Å². The predicted molar refractivity (Wildman–Crippen MR) is 74.0 cm³/mol. The number of carboxylic acids is 1. The normalized spacial score (nSPS) is 15.1. The predicted octanol–water partition coefficient (Wildman–Crippen LogP) is 2.32. The Hall–Kier alpha value is -2.15. The van der Waals surface area contributed by atoms with Crippen LogP contribution in [0.5, 0.6) is 0 Å². The smallest absolute Gasteiger partial charge is 0.373 e. The molecule has 1 N–H and O–H groups in total. The van der Waals surface area contributed by atoms with Crippen molar-refractivity contribution in [3.8, 4) is 11.5 Å². The molecule has 1 aliphatic rings. The van der Waals surface area contributed by atoms with Gasteiger partial charge in [0, 0.05) is 17.7 Å². The molecule has 0 radical (unpaired) electrons. The summed E-state index contributed by atoms with van der Waals surface area (Å²) in [6.45, 7) is 0. The van der Waals surface area contributed by atoms with Crippen LogP contribution in [0.3, 0.4) is 0 Å². The van der Waals surface area contributed by atoms with Crippen LogP contribution in [-0.4, -0.2) is 30.7 Å². The largest absolute Gasteiger partial charge is 0.475 e. The molecule has 0 bridgehead atoms. The van der Waals surface area contributed by atoms with Crippen molar-refractivity contribution in [2.75, 3.05) is 6.26 Å². The number of carboxylic acid groups (broad SMARTS) is 1. The summed E-state index contributed by atoms with van der Waals surface area (Å²) in [5.41, 5.74) is 1.03. The van der Waals surface area contributed by atoms with Gasteiger partial charge in [0.15, 0.2) is 9.84 Å². The lowest BCUT2D eigenvalue weighted by atomic mass is 10.2. The molecule has 110 valence electrons. The summed E-state index contributed by atoms with van der Waals surface area (Å²) in [6.07, 6.45) is 2.96. The Morgan fingerprint density at radius 1 is 1.29 bits per heavy atom. The average Bonchev–Trinajstić information content (AvgIpc) is 3.16. The second kappa shape index (κ2) is 4.70. The average molecular weight is 307 g/mol. The van der Waals surface area contributed by atoms with Gasteiger partial charge in [0.05, 0.1) is 10.6 Å². The van der Waals surface area contributed by atoms with Crippen molar-refractivity contribution in [3.63, 3.8) is 0 Å². The second-order valence-electron chi connectivity index (χ2n) is 5.11. The maximum Gasteiger partial charge on any atom is 0.373 e. The SMILES string of the molecule is CS(=O)(=O)c1ccc(-c2nc(C3CC3)c(C(=O)O)o2)cc1. The lowest BCUT2D eigenvalue weighted by molar-refractivity contribution is 0.0661. The molecule has 2 aromatic rings. The van der Waals surface area contributed by atoms with Gasteiger partial charge in [-0.3, -0.25) is 0 Å². The van der Waals surface area contributed by atoms with Crippen LogP contribution in [0.25, 0.3) is 11.5 Å². The number of rotatable bonds is 4. The minimum absolute atomic E-state index is 0.125. The topological polar surface area (TPSA) is 97.5 Å². The van der Waals surface area contributed by atoms with Gasteiger partial charge in [-0.15, -0.1) is 0 Å². The summed E-state index contributed by atoms with van der Waals surface area (Å²) in [6, 6.07) is 6.02. The molecule has 1 aromatic carbocycles. The van der Waals surface area contributed by atoms with E-state index < -0.39 is 15.8 Å². The maximum atomic E-state index is 11.4. The van der Waals surface area contributed by atoms with Crippen LogP contribution >= 0.6 is 0 Å². The van der Waals surface area contributed by atoms with Crippen molar-refractivity contribution in [1.82, 2.24) is 4.98 Å². The van der Waals surface area contributed by atoms with Gasteiger partial charge in [0.25, 0.3) is 0 Å². The highest BCUT2D eigenvalue weighted by Gasteiger charge is 2.33. The van der Waals surface area contributed by atoms with Crippen LogP contribution in [0.2, 0.25) is 0 Å². The Bertz CT molecular complexity index is 800. The minimum atomic E-state index is -3.27. The molecule has 1 fully saturated rings. The first-order chi connectivity index (χ1) is 9.86. The van der Waals surface area contributed by atoms with Crippen molar-refractivity contribution in [2.45, 2.75) is 23.7 Å². The molecular weight excluding hydrogens is 294 g/mol. The zero-order valence-corrected chi connectivity index (χ0v) is 12.1. The van der Waals surface area contributed by atoms with Crippen molar-refractivity contribution in [2.24, 2.45) is 0 Å². The van der Waals surface area contributed by atoms with Crippen LogP contribution < -0.4 is 0 Å². The third-order valence-electron chi connectivity index (χ3n) is 3.34. The van der Waals surface area contributed by atoms with Gasteiger partial charge in [-0.05, 0) is 37.1 Å². The number of nitrogens with zero attached hydrogens (tertiary/aromatic N) is 1. The van der Waals surface area contributed by atoms with E-state index in [2.05, 4.69) is 4.98 Å². The highest BCUT2D eigenvalue weighted by atomic mass is 32.2. The summed E-state index contributed by atoms with van der Waals surface area (Å²) in [5, 5.41) is 9.14. The van der Waals surface area contributed by atoms with Gasteiger partial charge in [-0.2, -0.15) is 0 Å². The van der Waals surface area contributed by atoms with Crippen molar-refractivity contribution < 1.29 is 22.7 Å². The molecule has 3 rings (SSSR count). The van der Waals surface area contributed by atoms with E-state index in [-0.39, 0.29) is 22.5 Å². The first-order valence-corrected chi connectivity index (χ1v) is 8.30. The number of hydrogen-bond acceptors (Lipinski definition) is 5. The standard InChI is InChI=1S/C14H13NO5S/c1-21(18,19)10-6-4-9(5-7-10)13-15-11(8-2-3-8)12(20-13)14(16)17/h4-8H,2-3H2,1H3,(H,16,17). The van der Waals surface area contributed by atoms with Crippen LogP contribution in [0, 0.1) is 0 Å². The van der Waals surface area contributed by atoms with Gasteiger partial charge < -0.3 is 9.52 Å². The Morgan fingerprint density at radius 3 is 2.38 bits per heavy atom. The van der Waals surface area contributed by atoms with Crippen molar-refractivity contribution in [3.05, 3.63) is 35.7 Å². The summed E-state index contributed by atoms with van der Waals surface area (Å²) in [5.74, 6) is -0.902. The van der Waals surface area contributed by atoms with Gasteiger partial charge in [0.1, 0.15) is 0 Å². The number of sulfone groups is 1. The quantitative estimate of drug-likeness (QED) is 0.931. The molecule has 0 unspecified atom stereocenters. The summed E-state index contributed by atoms with van der Waals surface area (Å²) in [7, 11) is -3.27. The molecule has 6 nitrogen and oxygen atoms in total. The molecule has 1 aliphatic carbocycles. The fourth-order valence-corrected chi connectivity index (χ4v) is 2.72. The molecule has 7 heteroatoms. The van der Waals surface area contributed by atoms with E-state index in [9.17, 15) is 13.2 Å². The Balaban J connectivity index is 2.01. The molecule has 0 amide bonds. The van der Waals surface area contributed by atoms with Crippen LogP contribution in [0.1, 0.15) is 35.0 Å². The molecule has 21 heavy (non-hydrogen) atoms. The number of oxazole rings is 1. The summed E-state index contributed by atoms with van der Waals surface area (Å²) < 4.78 is 28.1. The fourth-order valence-electron chi connectivity index (χ4n) is 2.09. The Labute approximate surface area is 121 Å². The van der Waals surface area contributed by atoms with E-state index in [1.54, 1.807) is 12.1 Å². The fraction of sp³-hybridized carbons (Fsp3) is 0.286.